The van der Waals surface area contributed by atoms with Crippen LogP contribution >= 0.6 is 50.9 Å². The van der Waals surface area contributed by atoms with Crippen LogP contribution in [0.4, 0.5) is 5.69 Å². The van der Waals surface area contributed by atoms with Crippen LogP contribution in [0.5, 0.6) is 0 Å². The van der Waals surface area contributed by atoms with Crippen molar-refractivity contribution < 1.29 is 13.2 Å². The number of amides is 1. The molecule has 0 saturated carbocycles. The third-order valence-electron chi connectivity index (χ3n) is 4.57. The van der Waals surface area contributed by atoms with Crippen molar-refractivity contribution in [1.82, 2.24) is 0 Å². The third-order valence-corrected chi connectivity index (χ3v) is 8.53. The predicted octanol–water partition coefficient (Wildman–Crippen LogP) is 6.82. The number of thioether (sulfide) groups is 1. The Labute approximate surface area is 202 Å². The lowest BCUT2D eigenvalue weighted by Gasteiger charge is -2.19. The minimum Gasteiger partial charge on any atom is -0.320 e. The van der Waals surface area contributed by atoms with Crippen LogP contribution < -0.4 is 5.32 Å². The standard InChI is InChI=1S/C22H14BrCl2NO3S2/c23-14-6-4-13(5-7-14)10-21-22(27)26-19-9-8-15(11-20(19)30-21)31(28,29)12-16-17(24)2-1-3-18(16)25/h1-11H,12H2,(H,26,27)/b21-10+. The van der Waals surface area contributed by atoms with Gasteiger partial charge in [-0.1, -0.05) is 69.1 Å². The Morgan fingerprint density at radius 2 is 1.68 bits per heavy atom. The molecule has 0 aromatic heterocycles. The van der Waals surface area contributed by atoms with Gasteiger partial charge in [-0.3, -0.25) is 4.79 Å². The molecule has 0 saturated heterocycles. The normalized spacial score (nSPS) is 14.9. The molecular weight excluding hydrogens is 541 g/mol. The van der Waals surface area contributed by atoms with E-state index in [0.29, 0.717) is 31.1 Å². The highest BCUT2D eigenvalue weighted by Gasteiger charge is 2.25. The number of anilines is 1. The number of carbonyl (C=O) groups is 1. The molecule has 158 valence electrons. The molecule has 0 spiro atoms. The van der Waals surface area contributed by atoms with E-state index < -0.39 is 9.84 Å². The molecule has 3 aromatic carbocycles. The fourth-order valence-corrected chi connectivity index (χ4v) is 6.43. The minimum atomic E-state index is -3.71. The van der Waals surface area contributed by atoms with Gasteiger partial charge in [0.25, 0.3) is 5.91 Å². The summed E-state index contributed by atoms with van der Waals surface area (Å²) in [5.74, 6) is -0.554. The van der Waals surface area contributed by atoms with Gasteiger partial charge in [0.05, 0.1) is 21.2 Å². The molecule has 0 atom stereocenters. The second-order valence-corrected chi connectivity index (χ2v) is 11.5. The lowest BCUT2D eigenvalue weighted by molar-refractivity contribution is -0.112. The number of halogens is 3. The van der Waals surface area contributed by atoms with Crippen molar-refractivity contribution in [2.45, 2.75) is 15.5 Å². The Morgan fingerprint density at radius 1 is 1.00 bits per heavy atom. The smallest absolute Gasteiger partial charge is 0.262 e. The van der Waals surface area contributed by atoms with Gasteiger partial charge in [-0.15, -0.1) is 0 Å². The summed E-state index contributed by atoms with van der Waals surface area (Å²) >= 11 is 16.9. The van der Waals surface area contributed by atoms with Gasteiger partial charge in [-0.2, -0.15) is 0 Å². The highest BCUT2D eigenvalue weighted by atomic mass is 79.9. The zero-order chi connectivity index (χ0) is 22.2. The maximum absolute atomic E-state index is 13.0. The minimum absolute atomic E-state index is 0.133. The zero-order valence-electron chi connectivity index (χ0n) is 15.7. The van der Waals surface area contributed by atoms with Crippen molar-refractivity contribution in [1.29, 1.82) is 0 Å². The second-order valence-electron chi connectivity index (χ2n) is 6.73. The molecule has 1 amide bonds. The van der Waals surface area contributed by atoms with E-state index in [-0.39, 0.29) is 16.6 Å². The van der Waals surface area contributed by atoms with Gasteiger partial charge in [0.15, 0.2) is 9.84 Å². The van der Waals surface area contributed by atoms with Crippen LogP contribution in [0, 0.1) is 0 Å². The largest absolute Gasteiger partial charge is 0.320 e. The molecule has 9 heteroatoms. The summed E-state index contributed by atoms with van der Waals surface area (Å²) in [7, 11) is -3.71. The molecule has 0 unspecified atom stereocenters. The number of fused-ring (bicyclic) bond motifs is 1. The maximum atomic E-state index is 13.0. The van der Waals surface area contributed by atoms with Crippen LogP contribution in [0.3, 0.4) is 0 Å². The lowest BCUT2D eigenvalue weighted by Crippen LogP contribution is -2.17. The first-order chi connectivity index (χ1) is 14.7. The number of carbonyl (C=O) groups excluding carboxylic acids is 1. The van der Waals surface area contributed by atoms with Crippen molar-refractivity contribution in [3.05, 3.63) is 91.2 Å². The zero-order valence-corrected chi connectivity index (χ0v) is 20.5. The Morgan fingerprint density at radius 3 is 2.35 bits per heavy atom. The van der Waals surface area contributed by atoms with Crippen LogP contribution in [0.15, 0.2) is 79.8 Å². The number of hydrogen-bond donors (Lipinski definition) is 1. The van der Waals surface area contributed by atoms with Gasteiger partial charge < -0.3 is 5.32 Å². The van der Waals surface area contributed by atoms with E-state index in [1.165, 1.54) is 17.8 Å². The Kier molecular flexibility index (Phi) is 6.51. The predicted molar refractivity (Wildman–Crippen MR) is 130 cm³/mol. The van der Waals surface area contributed by atoms with Crippen molar-refractivity contribution >= 4 is 78.4 Å². The van der Waals surface area contributed by atoms with Crippen molar-refractivity contribution in [2.24, 2.45) is 0 Å². The quantitative estimate of drug-likeness (QED) is 0.359. The van der Waals surface area contributed by atoms with Gasteiger partial charge in [0.1, 0.15) is 0 Å². The summed E-state index contributed by atoms with van der Waals surface area (Å²) in [6.45, 7) is 0. The maximum Gasteiger partial charge on any atom is 0.262 e. The molecule has 1 aliphatic heterocycles. The number of benzene rings is 3. The van der Waals surface area contributed by atoms with Crippen LogP contribution in [-0.4, -0.2) is 14.3 Å². The van der Waals surface area contributed by atoms with Gasteiger partial charge in [0, 0.05) is 25.0 Å². The summed E-state index contributed by atoms with van der Waals surface area (Å²) < 4.78 is 27.0. The average molecular weight is 555 g/mol. The number of nitrogens with one attached hydrogen (secondary N) is 1. The molecule has 0 radical (unpaired) electrons. The Hall–Kier alpha value is -1.77. The van der Waals surface area contributed by atoms with Crippen LogP contribution in [0.2, 0.25) is 10.0 Å². The van der Waals surface area contributed by atoms with Crippen LogP contribution in [0.1, 0.15) is 11.1 Å². The summed E-state index contributed by atoms with van der Waals surface area (Å²) in [4.78, 5) is 13.7. The van der Waals surface area contributed by atoms with E-state index in [2.05, 4.69) is 21.2 Å². The summed E-state index contributed by atoms with van der Waals surface area (Å²) in [5, 5.41) is 3.42. The molecule has 31 heavy (non-hydrogen) atoms. The Bertz CT molecular complexity index is 1300. The molecule has 4 rings (SSSR count). The summed E-state index contributed by atoms with van der Waals surface area (Å²) in [5.41, 5.74) is 1.79. The monoisotopic (exact) mass is 553 g/mol. The van der Waals surface area contributed by atoms with E-state index in [1.54, 1.807) is 36.4 Å². The van der Waals surface area contributed by atoms with Gasteiger partial charge in [-0.25, -0.2) is 8.42 Å². The number of rotatable bonds is 4. The molecule has 0 bridgehead atoms. The fraction of sp³-hybridized carbons (Fsp3) is 0.0455. The van der Waals surface area contributed by atoms with E-state index in [9.17, 15) is 13.2 Å². The first-order valence-electron chi connectivity index (χ1n) is 8.99. The van der Waals surface area contributed by atoms with Gasteiger partial charge in [-0.05, 0) is 54.1 Å². The molecule has 1 heterocycles. The van der Waals surface area contributed by atoms with E-state index in [4.69, 9.17) is 23.2 Å². The van der Waals surface area contributed by atoms with Gasteiger partial charge in [0.2, 0.25) is 0 Å². The number of hydrogen-bond acceptors (Lipinski definition) is 4. The molecular formula is C22H14BrCl2NO3S2. The van der Waals surface area contributed by atoms with Crippen molar-refractivity contribution in [3.8, 4) is 0 Å². The second kappa shape index (κ2) is 9.00. The van der Waals surface area contributed by atoms with Crippen molar-refractivity contribution in [3.63, 3.8) is 0 Å². The molecule has 0 aliphatic carbocycles. The fourth-order valence-electron chi connectivity index (χ4n) is 2.98. The summed E-state index contributed by atoms with van der Waals surface area (Å²) in [6, 6.07) is 17.1. The van der Waals surface area contributed by atoms with Gasteiger partial charge >= 0.3 is 0 Å². The number of sulfone groups is 1. The first kappa shape index (κ1) is 22.4. The van der Waals surface area contributed by atoms with E-state index in [0.717, 1.165) is 10.0 Å². The first-order valence-corrected chi connectivity index (χ1v) is 13.0. The molecule has 1 N–H and O–H groups in total. The highest BCUT2D eigenvalue weighted by molar-refractivity contribution is 9.10. The summed E-state index contributed by atoms with van der Waals surface area (Å²) in [6.07, 6.45) is 1.76. The molecule has 3 aromatic rings. The topological polar surface area (TPSA) is 63.2 Å². The average Bonchev–Trinajstić information content (AvgIpc) is 2.73. The van der Waals surface area contributed by atoms with E-state index in [1.807, 2.05) is 24.3 Å². The SMILES string of the molecule is O=C1Nc2ccc(S(=O)(=O)Cc3c(Cl)cccc3Cl)cc2S/C1=C/c1ccc(Br)cc1. The Balaban J connectivity index is 1.65. The molecule has 0 fully saturated rings. The van der Waals surface area contributed by atoms with E-state index >= 15 is 0 Å². The lowest BCUT2D eigenvalue weighted by atomic mass is 10.2. The van der Waals surface area contributed by atoms with Crippen LogP contribution in [0.25, 0.3) is 6.08 Å². The highest BCUT2D eigenvalue weighted by Crippen LogP contribution is 2.40. The van der Waals surface area contributed by atoms with Crippen LogP contribution in [-0.2, 0) is 20.4 Å². The molecule has 4 nitrogen and oxygen atoms in total. The van der Waals surface area contributed by atoms with Crippen molar-refractivity contribution in [2.75, 3.05) is 5.32 Å². The third kappa shape index (κ3) is 5.02. The molecule has 1 aliphatic rings.